The number of likely N-dealkylation sites (N-methyl/N-ethyl adjacent to an activating group) is 1. The van der Waals surface area contributed by atoms with E-state index in [9.17, 15) is 4.79 Å². The predicted octanol–water partition coefficient (Wildman–Crippen LogP) is 3.47. The lowest BCUT2D eigenvalue weighted by Crippen LogP contribution is -2.48. The molecule has 0 bridgehead atoms. The fourth-order valence-corrected chi connectivity index (χ4v) is 4.74. The predicted molar refractivity (Wildman–Crippen MR) is 129 cm³/mol. The number of carbonyl (C=O) groups excluding carboxylic acids is 1. The smallest absolute Gasteiger partial charge is 0.254 e. The molecule has 4 rings (SSSR count). The Morgan fingerprint density at radius 2 is 2.09 bits per heavy atom. The number of nitrogens with zero attached hydrogens (tertiary/aromatic N) is 4. The van der Waals surface area contributed by atoms with Gasteiger partial charge in [-0.2, -0.15) is 4.98 Å². The number of aryl methyl sites for hydroxylation is 2. The van der Waals surface area contributed by atoms with Crippen molar-refractivity contribution < 1.29 is 4.79 Å². The summed E-state index contributed by atoms with van der Waals surface area (Å²) in [5.41, 5.74) is 15.5. The van der Waals surface area contributed by atoms with Gasteiger partial charge in [0.2, 0.25) is 5.95 Å². The number of nitrogens with two attached hydrogens (primary N) is 2. The van der Waals surface area contributed by atoms with Gasteiger partial charge in [-0.1, -0.05) is 32.3 Å². The topological polar surface area (TPSA) is 115 Å². The van der Waals surface area contributed by atoms with Gasteiger partial charge in [0, 0.05) is 49.1 Å². The highest BCUT2D eigenvalue weighted by Crippen LogP contribution is 2.31. The molecular formula is C24H33N7O. The standard InChI is InChI=1S/C24H33N7O/c1-4-8-15-13-16-19(10-7-12-20(16)30(15)2)28-23-17(22(26)32)14-27-24(29-23)31(3)21-11-6-5-9-18(21)25/h7,10,12-14,18,21H,4-6,8-9,11,25H2,1-3H3,(H2,26,32)(H,27,28,29). The van der Waals surface area contributed by atoms with E-state index in [2.05, 4.69) is 41.0 Å². The Morgan fingerprint density at radius 1 is 1.31 bits per heavy atom. The number of anilines is 3. The summed E-state index contributed by atoms with van der Waals surface area (Å²) in [6.07, 6.45) is 7.88. The number of nitrogens with one attached hydrogen (secondary N) is 1. The molecule has 8 heteroatoms. The Bertz CT molecular complexity index is 1120. The van der Waals surface area contributed by atoms with E-state index < -0.39 is 5.91 Å². The van der Waals surface area contributed by atoms with Gasteiger partial charge in [0.05, 0.1) is 5.52 Å². The molecule has 1 saturated carbocycles. The maximum atomic E-state index is 12.1. The van der Waals surface area contributed by atoms with E-state index in [0.29, 0.717) is 11.8 Å². The summed E-state index contributed by atoms with van der Waals surface area (Å²) in [7, 11) is 4.05. The van der Waals surface area contributed by atoms with Gasteiger partial charge in [-0.05, 0) is 37.5 Å². The van der Waals surface area contributed by atoms with Crippen LogP contribution in [0.1, 0.15) is 55.1 Å². The van der Waals surface area contributed by atoms with Gasteiger partial charge >= 0.3 is 0 Å². The first-order valence-electron chi connectivity index (χ1n) is 11.4. The van der Waals surface area contributed by atoms with Crippen molar-refractivity contribution in [3.63, 3.8) is 0 Å². The van der Waals surface area contributed by atoms with E-state index in [4.69, 9.17) is 16.5 Å². The highest BCUT2D eigenvalue weighted by Gasteiger charge is 2.27. The molecule has 2 aromatic heterocycles. The number of hydrogen-bond acceptors (Lipinski definition) is 6. The van der Waals surface area contributed by atoms with Gasteiger partial charge in [0.25, 0.3) is 5.91 Å². The molecule has 0 radical (unpaired) electrons. The van der Waals surface area contributed by atoms with E-state index >= 15 is 0 Å². The van der Waals surface area contributed by atoms with Crippen molar-refractivity contribution in [3.8, 4) is 0 Å². The van der Waals surface area contributed by atoms with Crippen LogP contribution >= 0.6 is 0 Å². The zero-order valence-corrected chi connectivity index (χ0v) is 19.1. The van der Waals surface area contributed by atoms with Crippen LogP contribution in [-0.2, 0) is 13.5 Å². The summed E-state index contributed by atoms with van der Waals surface area (Å²) in [5.74, 6) is 0.377. The van der Waals surface area contributed by atoms with Gasteiger partial charge in [0.1, 0.15) is 11.4 Å². The fraction of sp³-hybridized carbons (Fsp3) is 0.458. The average molecular weight is 436 g/mol. The number of rotatable bonds is 7. The van der Waals surface area contributed by atoms with E-state index in [-0.39, 0.29) is 17.6 Å². The third kappa shape index (κ3) is 4.14. The molecule has 0 saturated heterocycles. The van der Waals surface area contributed by atoms with E-state index in [1.165, 1.54) is 11.9 Å². The van der Waals surface area contributed by atoms with Crippen LogP contribution in [0.3, 0.4) is 0 Å². The van der Waals surface area contributed by atoms with Crippen LogP contribution in [-0.4, -0.2) is 39.6 Å². The first-order valence-corrected chi connectivity index (χ1v) is 11.4. The quantitative estimate of drug-likeness (QED) is 0.523. The molecule has 1 aliphatic rings. The molecule has 2 atom stereocenters. The minimum Gasteiger partial charge on any atom is -0.365 e. The molecule has 2 unspecified atom stereocenters. The molecule has 1 aromatic carbocycles. The molecule has 5 N–H and O–H groups in total. The zero-order chi connectivity index (χ0) is 22.8. The SMILES string of the molecule is CCCc1cc2c(Nc3nc(N(C)C4CCCCC4N)ncc3C(N)=O)cccc2n1C. The van der Waals surface area contributed by atoms with E-state index in [0.717, 1.165) is 55.1 Å². The minimum atomic E-state index is -0.567. The molecule has 0 aliphatic heterocycles. The molecule has 2 heterocycles. The monoisotopic (exact) mass is 435 g/mol. The summed E-state index contributed by atoms with van der Waals surface area (Å²) < 4.78 is 2.21. The highest BCUT2D eigenvalue weighted by atomic mass is 16.1. The Labute approximate surface area is 189 Å². The number of aromatic nitrogens is 3. The Hall–Kier alpha value is -3.13. The number of fused-ring (bicyclic) bond motifs is 1. The molecule has 3 aromatic rings. The summed E-state index contributed by atoms with van der Waals surface area (Å²) in [5, 5.41) is 4.45. The number of carbonyl (C=O) groups is 1. The fourth-order valence-electron chi connectivity index (χ4n) is 4.74. The average Bonchev–Trinajstić information content (AvgIpc) is 3.10. The molecule has 1 aliphatic carbocycles. The maximum Gasteiger partial charge on any atom is 0.254 e. The van der Waals surface area contributed by atoms with Crippen LogP contribution in [0.5, 0.6) is 0 Å². The summed E-state index contributed by atoms with van der Waals surface area (Å²) in [6, 6.07) is 8.54. The van der Waals surface area contributed by atoms with Gasteiger partial charge in [0.15, 0.2) is 0 Å². The van der Waals surface area contributed by atoms with Crippen LogP contribution in [0.15, 0.2) is 30.5 Å². The first kappa shape index (κ1) is 22.1. The highest BCUT2D eigenvalue weighted by molar-refractivity contribution is 6.00. The first-order chi connectivity index (χ1) is 15.4. The van der Waals surface area contributed by atoms with E-state index in [1.54, 1.807) is 0 Å². The van der Waals surface area contributed by atoms with Crippen molar-refractivity contribution in [1.29, 1.82) is 0 Å². The number of hydrogen-bond donors (Lipinski definition) is 3. The largest absolute Gasteiger partial charge is 0.365 e. The Balaban J connectivity index is 1.72. The summed E-state index contributed by atoms with van der Waals surface area (Å²) in [4.78, 5) is 23.3. The van der Waals surface area contributed by atoms with Crippen LogP contribution in [0, 0.1) is 0 Å². The third-order valence-electron chi connectivity index (χ3n) is 6.58. The van der Waals surface area contributed by atoms with Crippen molar-refractivity contribution in [3.05, 3.63) is 41.7 Å². The Kier molecular flexibility index (Phi) is 6.32. The lowest BCUT2D eigenvalue weighted by atomic mass is 9.90. The van der Waals surface area contributed by atoms with Crippen molar-refractivity contribution in [2.45, 2.75) is 57.5 Å². The molecule has 170 valence electrons. The number of amides is 1. The van der Waals surface area contributed by atoms with Gasteiger partial charge < -0.3 is 26.3 Å². The molecular weight excluding hydrogens is 402 g/mol. The van der Waals surface area contributed by atoms with Gasteiger partial charge in [-0.15, -0.1) is 0 Å². The van der Waals surface area contributed by atoms with Crippen molar-refractivity contribution >= 4 is 34.3 Å². The molecule has 1 fully saturated rings. The van der Waals surface area contributed by atoms with Gasteiger partial charge in [-0.3, -0.25) is 4.79 Å². The molecule has 0 spiro atoms. The summed E-state index contributed by atoms with van der Waals surface area (Å²) in [6.45, 7) is 2.17. The second-order valence-electron chi connectivity index (χ2n) is 8.73. The lowest BCUT2D eigenvalue weighted by Gasteiger charge is -2.36. The van der Waals surface area contributed by atoms with Crippen LogP contribution in [0.2, 0.25) is 0 Å². The number of benzene rings is 1. The molecule has 1 amide bonds. The third-order valence-corrected chi connectivity index (χ3v) is 6.58. The second kappa shape index (κ2) is 9.16. The van der Waals surface area contributed by atoms with E-state index in [1.807, 2.05) is 24.1 Å². The number of primary amides is 1. The molecule has 32 heavy (non-hydrogen) atoms. The maximum absolute atomic E-state index is 12.1. The van der Waals surface area contributed by atoms with Crippen molar-refractivity contribution in [2.75, 3.05) is 17.3 Å². The van der Waals surface area contributed by atoms with Gasteiger partial charge in [-0.25, -0.2) is 4.98 Å². The molecule has 8 nitrogen and oxygen atoms in total. The van der Waals surface area contributed by atoms with Crippen molar-refractivity contribution in [1.82, 2.24) is 14.5 Å². The van der Waals surface area contributed by atoms with Crippen LogP contribution in [0.25, 0.3) is 10.9 Å². The summed E-state index contributed by atoms with van der Waals surface area (Å²) >= 11 is 0. The van der Waals surface area contributed by atoms with Crippen LogP contribution in [0.4, 0.5) is 17.5 Å². The Morgan fingerprint density at radius 3 is 2.81 bits per heavy atom. The van der Waals surface area contributed by atoms with Crippen molar-refractivity contribution in [2.24, 2.45) is 18.5 Å². The van der Waals surface area contributed by atoms with Crippen LogP contribution < -0.4 is 21.7 Å². The lowest BCUT2D eigenvalue weighted by molar-refractivity contribution is 0.100. The normalized spacial score (nSPS) is 18.6. The zero-order valence-electron chi connectivity index (χ0n) is 19.1. The second-order valence-corrected chi connectivity index (χ2v) is 8.73. The minimum absolute atomic E-state index is 0.0830.